The molecule has 1 unspecified atom stereocenters. The van der Waals surface area contributed by atoms with E-state index >= 15 is 0 Å². The Bertz CT molecular complexity index is 169. The van der Waals surface area contributed by atoms with E-state index in [1.165, 1.54) is 0 Å². The lowest BCUT2D eigenvalue weighted by molar-refractivity contribution is -0.145. The molecule has 0 saturated carbocycles. The van der Waals surface area contributed by atoms with Gasteiger partial charge in [-0.15, -0.1) is 0 Å². The maximum atomic E-state index is 10.8. The van der Waals surface area contributed by atoms with Gasteiger partial charge < -0.3 is 5.73 Å². The molecule has 4 N–H and O–H groups in total. The molecule has 0 fully saturated rings. The van der Waals surface area contributed by atoms with Crippen molar-refractivity contribution < 1.29 is 9.59 Å². The Hall–Kier alpha value is -1.10. The van der Waals surface area contributed by atoms with Gasteiger partial charge in [-0.2, -0.15) is 0 Å². The number of primary amides is 1. The van der Waals surface area contributed by atoms with E-state index in [4.69, 9.17) is 11.6 Å². The van der Waals surface area contributed by atoms with Crippen LogP contribution in [0.3, 0.4) is 0 Å². The van der Waals surface area contributed by atoms with Gasteiger partial charge in [-0.1, -0.05) is 6.92 Å². The Labute approximate surface area is 65.3 Å². The number of carbonyl (C=O) groups excluding carboxylic acids is 2. The Morgan fingerprint density at radius 3 is 2.27 bits per heavy atom. The van der Waals surface area contributed by atoms with Gasteiger partial charge in [0.1, 0.15) is 0 Å². The number of carbonyl (C=O) groups is 2. The topological polar surface area (TPSA) is 89.4 Å². The van der Waals surface area contributed by atoms with Crippen LogP contribution in [0.4, 0.5) is 0 Å². The summed E-state index contributed by atoms with van der Waals surface area (Å²) in [6, 6.07) is -0.157. The zero-order chi connectivity index (χ0) is 9.02. The molecule has 0 rings (SSSR count). The van der Waals surface area contributed by atoms with Gasteiger partial charge in [0.05, 0.1) is 0 Å². The molecule has 0 aromatic heterocycles. The molecule has 0 aliphatic rings. The summed E-state index contributed by atoms with van der Waals surface area (Å²) < 4.78 is 0. The fourth-order valence-corrected chi connectivity index (χ4v) is 0.524. The molecular formula is C6H13N3O2. The van der Waals surface area contributed by atoms with Crippen molar-refractivity contribution in [3.8, 4) is 0 Å². The average molecular weight is 159 g/mol. The molecule has 0 aromatic carbocycles. The number of hydrazine groups is 1. The number of hydrogen-bond donors (Lipinski definition) is 2. The summed E-state index contributed by atoms with van der Waals surface area (Å²) in [6.07, 6.45) is 0.690. The first-order valence-electron chi connectivity index (χ1n) is 3.38. The van der Waals surface area contributed by atoms with E-state index in [2.05, 4.69) is 0 Å². The van der Waals surface area contributed by atoms with Crippen LogP contribution in [0.1, 0.15) is 20.3 Å². The van der Waals surface area contributed by atoms with Crippen molar-refractivity contribution in [3.05, 3.63) is 0 Å². The normalized spacial score (nSPS) is 12.3. The molecule has 0 spiro atoms. The molecule has 0 heterocycles. The molecular weight excluding hydrogens is 146 g/mol. The Morgan fingerprint density at radius 2 is 2.00 bits per heavy atom. The number of nitrogens with two attached hydrogens (primary N) is 2. The Kier molecular flexibility index (Phi) is 3.53. The maximum Gasteiger partial charge on any atom is 0.325 e. The fourth-order valence-electron chi connectivity index (χ4n) is 0.524. The second kappa shape index (κ2) is 3.92. The van der Waals surface area contributed by atoms with Crippen molar-refractivity contribution in [2.75, 3.05) is 0 Å². The summed E-state index contributed by atoms with van der Waals surface area (Å²) >= 11 is 0. The lowest BCUT2D eigenvalue weighted by Crippen LogP contribution is -2.49. The lowest BCUT2D eigenvalue weighted by Gasteiger charge is -2.20. The van der Waals surface area contributed by atoms with Crippen molar-refractivity contribution >= 4 is 11.8 Å². The predicted octanol–water partition coefficient (Wildman–Crippen LogP) is -1.03. The average Bonchev–Trinajstić information content (AvgIpc) is 2.00. The third kappa shape index (κ3) is 2.55. The third-order valence-corrected chi connectivity index (χ3v) is 1.51. The zero-order valence-corrected chi connectivity index (χ0v) is 6.70. The van der Waals surface area contributed by atoms with Gasteiger partial charge >= 0.3 is 11.8 Å². The van der Waals surface area contributed by atoms with Gasteiger partial charge in [0.2, 0.25) is 0 Å². The van der Waals surface area contributed by atoms with E-state index in [9.17, 15) is 9.59 Å². The molecule has 5 nitrogen and oxygen atoms in total. The van der Waals surface area contributed by atoms with E-state index in [1.807, 2.05) is 6.92 Å². The second-order valence-corrected chi connectivity index (χ2v) is 2.33. The molecule has 2 amide bonds. The van der Waals surface area contributed by atoms with E-state index in [1.54, 1.807) is 6.92 Å². The minimum atomic E-state index is -1.02. The summed E-state index contributed by atoms with van der Waals surface area (Å²) in [5, 5.41) is 0.850. The third-order valence-electron chi connectivity index (χ3n) is 1.51. The Balaban J connectivity index is 4.13. The highest BCUT2D eigenvalue weighted by Crippen LogP contribution is 1.96. The SMILES string of the molecule is CCC(C)N(N)C(=O)C(N)=O. The van der Waals surface area contributed by atoms with Crippen LogP contribution in [0, 0.1) is 0 Å². The van der Waals surface area contributed by atoms with E-state index in [0.717, 1.165) is 5.01 Å². The summed E-state index contributed by atoms with van der Waals surface area (Å²) in [4.78, 5) is 21.1. The number of amides is 2. The Morgan fingerprint density at radius 1 is 1.55 bits per heavy atom. The number of nitrogens with zero attached hydrogens (tertiary/aromatic N) is 1. The fraction of sp³-hybridized carbons (Fsp3) is 0.667. The van der Waals surface area contributed by atoms with Crippen LogP contribution in [0.2, 0.25) is 0 Å². The van der Waals surface area contributed by atoms with E-state index < -0.39 is 11.8 Å². The van der Waals surface area contributed by atoms with Crippen LogP contribution in [-0.2, 0) is 9.59 Å². The summed E-state index contributed by atoms with van der Waals surface area (Å²) in [5.74, 6) is 3.39. The van der Waals surface area contributed by atoms with Crippen LogP contribution in [0.25, 0.3) is 0 Å². The molecule has 11 heavy (non-hydrogen) atoms. The standard InChI is InChI=1S/C6H13N3O2/c1-3-4(2)9(8)6(11)5(7)10/h4H,3,8H2,1-2H3,(H2,7,10). The van der Waals surface area contributed by atoms with Gasteiger partial charge in [0.15, 0.2) is 0 Å². The molecule has 1 atom stereocenters. The minimum absolute atomic E-state index is 0.157. The van der Waals surface area contributed by atoms with Crippen molar-refractivity contribution in [1.82, 2.24) is 5.01 Å². The molecule has 0 radical (unpaired) electrons. The van der Waals surface area contributed by atoms with Gasteiger partial charge in [-0.05, 0) is 13.3 Å². The number of rotatable bonds is 2. The predicted molar refractivity (Wildman–Crippen MR) is 40.0 cm³/mol. The van der Waals surface area contributed by atoms with E-state index in [0.29, 0.717) is 6.42 Å². The molecule has 0 bridgehead atoms. The van der Waals surface area contributed by atoms with Gasteiger partial charge in [0.25, 0.3) is 0 Å². The van der Waals surface area contributed by atoms with Crippen molar-refractivity contribution in [1.29, 1.82) is 0 Å². The van der Waals surface area contributed by atoms with Crippen LogP contribution >= 0.6 is 0 Å². The molecule has 0 aliphatic carbocycles. The van der Waals surface area contributed by atoms with Gasteiger partial charge in [0, 0.05) is 6.04 Å². The van der Waals surface area contributed by atoms with Gasteiger partial charge in [-0.3, -0.25) is 14.6 Å². The quantitative estimate of drug-likeness (QED) is 0.234. The van der Waals surface area contributed by atoms with Crippen LogP contribution < -0.4 is 11.6 Å². The highest BCUT2D eigenvalue weighted by atomic mass is 16.2. The largest absolute Gasteiger partial charge is 0.361 e. The van der Waals surface area contributed by atoms with Crippen molar-refractivity contribution in [2.45, 2.75) is 26.3 Å². The monoisotopic (exact) mass is 159 g/mol. The molecule has 0 saturated heterocycles. The first-order chi connectivity index (χ1) is 5.00. The number of hydrogen-bond acceptors (Lipinski definition) is 3. The minimum Gasteiger partial charge on any atom is -0.361 e. The molecule has 64 valence electrons. The molecule has 5 heteroatoms. The summed E-state index contributed by atoms with van der Waals surface area (Å²) in [6.45, 7) is 3.60. The summed E-state index contributed by atoms with van der Waals surface area (Å²) in [5.41, 5.74) is 4.72. The van der Waals surface area contributed by atoms with Crippen molar-refractivity contribution in [3.63, 3.8) is 0 Å². The van der Waals surface area contributed by atoms with E-state index in [-0.39, 0.29) is 6.04 Å². The summed E-state index contributed by atoms with van der Waals surface area (Å²) in [7, 11) is 0. The first kappa shape index (κ1) is 9.90. The van der Waals surface area contributed by atoms with Crippen LogP contribution in [0.5, 0.6) is 0 Å². The van der Waals surface area contributed by atoms with Crippen LogP contribution in [0.15, 0.2) is 0 Å². The molecule has 0 aliphatic heterocycles. The van der Waals surface area contributed by atoms with Crippen LogP contribution in [-0.4, -0.2) is 22.9 Å². The smallest absolute Gasteiger partial charge is 0.325 e. The highest BCUT2D eigenvalue weighted by Gasteiger charge is 2.19. The molecule has 0 aromatic rings. The highest BCUT2D eigenvalue weighted by molar-refractivity contribution is 6.34. The lowest BCUT2D eigenvalue weighted by atomic mass is 10.2. The second-order valence-electron chi connectivity index (χ2n) is 2.33. The maximum absolute atomic E-state index is 10.8. The van der Waals surface area contributed by atoms with Gasteiger partial charge in [-0.25, -0.2) is 5.84 Å². The first-order valence-corrected chi connectivity index (χ1v) is 3.38. The van der Waals surface area contributed by atoms with Crippen molar-refractivity contribution in [2.24, 2.45) is 11.6 Å². The zero-order valence-electron chi connectivity index (χ0n) is 6.70.